The van der Waals surface area contributed by atoms with Crippen LogP contribution in [-0.4, -0.2) is 38.4 Å². The summed E-state index contributed by atoms with van der Waals surface area (Å²) in [5.74, 6) is 1.68. The van der Waals surface area contributed by atoms with Crippen LogP contribution in [0.1, 0.15) is 37.0 Å². The van der Waals surface area contributed by atoms with E-state index in [-0.39, 0.29) is 5.91 Å². The number of carbonyl (C=O) groups is 1. The summed E-state index contributed by atoms with van der Waals surface area (Å²) >= 11 is 0. The van der Waals surface area contributed by atoms with Gasteiger partial charge in [-0.15, -0.1) is 0 Å². The van der Waals surface area contributed by atoms with Gasteiger partial charge in [0.1, 0.15) is 12.4 Å². The van der Waals surface area contributed by atoms with Crippen LogP contribution in [0.5, 0.6) is 0 Å². The first-order valence-electron chi connectivity index (χ1n) is 8.86. The molecule has 24 heavy (non-hydrogen) atoms. The Kier molecular flexibility index (Phi) is 5.28. The van der Waals surface area contributed by atoms with Crippen molar-refractivity contribution in [3.8, 4) is 0 Å². The Balaban J connectivity index is 1.59. The molecule has 0 saturated carbocycles. The molecule has 1 saturated heterocycles. The highest BCUT2D eigenvalue weighted by Crippen LogP contribution is 2.20. The number of hydrogen-bond donors (Lipinski definition) is 0. The topological polar surface area (TPSA) is 51.0 Å². The van der Waals surface area contributed by atoms with E-state index in [1.807, 2.05) is 28.7 Å². The van der Waals surface area contributed by atoms with Gasteiger partial charge in [-0.3, -0.25) is 9.78 Å². The van der Waals surface area contributed by atoms with Crippen LogP contribution < -0.4 is 0 Å². The van der Waals surface area contributed by atoms with Gasteiger partial charge in [0.05, 0.1) is 0 Å². The van der Waals surface area contributed by atoms with Gasteiger partial charge in [-0.2, -0.15) is 0 Å². The number of aromatic nitrogens is 3. The first-order chi connectivity index (χ1) is 11.7. The Hall–Kier alpha value is -2.17. The summed E-state index contributed by atoms with van der Waals surface area (Å²) in [6, 6.07) is 6.18. The van der Waals surface area contributed by atoms with Gasteiger partial charge in [0.25, 0.3) is 0 Å². The highest BCUT2D eigenvalue weighted by molar-refractivity contribution is 5.76. The Morgan fingerprint density at radius 3 is 3.04 bits per heavy atom. The summed E-state index contributed by atoms with van der Waals surface area (Å²) in [7, 11) is 0. The molecule has 5 heteroatoms. The van der Waals surface area contributed by atoms with Crippen molar-refractivity contribution in [3.63, 3.8) is 0 Å². The second-order valence-electron chi connectivity index (χ2n) is 6.65. The first-order valence-corrected chi connectivity index (χ1v) is 8.86. The normalized spacial score (nSPS) is 17.9. The van der Waals surface area contributed by atoms with Crippen LogP contribution in [0.15, 0.2) is 30.6 Å². The van der Waals surface area contributed by atoms with E-state index in [2.05, 4.69) is 29.0 Å². The second kappa shape index (κ2) is 7.60. The molecule has 0 unspecified atom stereocenters. The molecule has 0 aromatic carbocycles. The SMILES string of the molecule is CCc1nccn1CC(=O)N1CCC[C@H](Cc2cccc(C)n2)C1. The summed E-state index contributed by atoms with van der Waals surface area (Å²) in [6.45, 7) is 6.20. The molecule has 0 radical (unpaired) electrons. The van der Waals surface area contributed by atoms with E-state index < -0.39 is 0 Å². The molecule has 2 aromatic heterocycles. The predicted octanol–water partition coefficient (Wildman–Crippen LogP) is 2.63. The Morgan fingerprint density at radius 2 is 2.25 bits per heavy atom. The number of amides is 1. The van der Waals surface area contributed by atoms with Crippen molar-refractivity contribution in [1.29, 1.82) is 0 Å². The number of likely N-dealkylation sites (tertiary alicyclic amines) is 1. The van der Waals surface area contributed by atoms with Crippen LogP contribution in [-0.2, 0) is 24.2 Å². The maximum absolute atomic E-state index is 12.6. The summed E-state index contributed by atoms with van der Waals surface area (Å²) in [4.78, 5) is 23.6. The minimum absolute atomic E-state index is 0.199. The van der Waals surface area contributed by atoms with Crippen LogP contribution in [0.25, 0.3) is 0 Å². The lowest BCUT2D eigenvalue weighted by Gasteiger charge is -2.33. The van der Waals surface area contributed by atoms with E-state index in [0.29, 0.717) is 12.5 Å². The van der Waals surface area contributed by atoms with Crippen molar-refractivity contribution in [3.05, 3.63) is 47.8 Å². The number of imidazole rings is 1. The van der Waals surface area contributed by atoms with Gasteiger partial charge >= 0.3 is 0 Å². The standard InChI is InChI=1S/C19H26N4O/c1-3-18-20-9-11-22(18)14-19(24)23-10-5-7-16(13-23)12-17-8-4-6-15(2)21-17/h4,6,8-9,11,16H,3,5,7,10,12-14H2,1-2H3/t16-/m1/s1. The highest BCUT2D eigenvalue weighted by Gasteiger charge is 2.24. The molecule has 1 aliphatic heterocycles. The van der Waals surface area contributed by atoms with Gasteiger partial charge in [-0.1, -0.05) is 13.0 Å². The number of nitrogens with zero attached hydrogens (tertiary/aromatic N) is 4. The van der Waals surface area contributed by atoms with Crippen molar-refractivity contribution >= 4 is 5.91 Å². The van der Waals surface area contributed by atoms with Crippen LogP contribution in [0.4, 0.5) is 0 Å². The zero-order chi connectivity index (χ0) is 16.9. The molecule has 5 nitrogen and oxygen atoms in total. The van der Waals surface area contributed by atoms with E-state index in [9.17, 15) is 4.79 Å². The van der Waals surface area contributed by atoms with Crippen molar-refractivity contribution in [2.75, 3.05) is 13.1 Å². The Labute approximate surface area is 143 Å². The van der Waals surface area contributed by atoms with Gasteiger partial charge in [0.2, 0.25) is 5.91 Å². The van der Waals surface area contributed by atoms with Gasteiger partial charge < -0.3 is 9.47 Å². The molecule has 3 heterocycles. The molecule has 0 N–H and O–H groups in total. The Morgan fingerprint density at radius 1 is 1.38 bits per heavy atom. The van der Waals surface area contributed by atoms with Gasteiger partial charge in [0, 0.05) is 43.3 Å². The molecule has 0 aliphatic carbocycles. The molecule has 1 aliphatic rings. The van der Waals surface area contributed by atoms with E-state index in [1.54, 1.807) is 6.20 Å². The number of carbonyl (C=O) groups excluding carboxylic acids is 1. The van der Waals surface area contributed by atoms with Gasteiger partial charge in [0.15, 0.2) is 0 Å². The summed E-state index contributed by atoms with van der Waals surface area (Å²) in [6.07, 6.45) is 7.72. The fraction of sp³-hybridized carbons (Fsp3) is 0.526. The van der Waals surface area contributed by atoms with E-state index in [0.717, 1.165) is 49.6 Å². The maximum Gasteiger partial charge on any atom is 0.242 e. The highest BCUT2D eigenvalue weighted by atomic mass is 16.2. The molecule has 0 bridgehead atoms. The summed E-state index contributed by atoms with van der Waals surface area (Å²) in [5.41, 5.74) is 2.20. The minimum atomic E-state index is 0.199. The second-order valence-corrected chi connectivity index (χ2v) is 6.65. The Bertz CT molecular complexity index is 694. The predicted molar refractivity (Wildman–Crippen MR) is 93.6 cm³/mol. The lowest BCUT2D eigenvalue weighted by Crippen LogP contribution is -2.42. The van der Waals surface area contributed by atoms with Crippen LogP contribution in [0.3, 0.4) is 0 Å². The zero-order valence-electron chi connectivity index (χ0n) is 14.6. The largest absolute Gasteiger partial charge is 0.341 e. The fourth-order valence-electron chi connectivity index (χ4n) is 3.51. The van der Waals surface area contributed by atoms with E-state index in [4.69, 9.17) is 0 Å². The van der Waals surface area contributed by atoms with Gasteiger partial charge in [-0.25, -0.2) is 4.98 Å². The van der Waals surface area contributed by atoms with E-state index >= 15 is 0 Å². The molecule has 0 spiro atoms. The number of rotatable bonds is 5. The molecule has 1 fully saturated rings. The smallest absolute Gasteiger partial charge is 0.242 e. The monoisotopic (exact) mass is 326 g/mol. The van der Waals surface area contributed by atoms with Crippen molar-refractivity contribution in [1.82, 2.24) is 19.4 Å². The molecule has 1 atom stereocenters. The van der Waals surface area contributed by atoms with E-state index in [1.165, 1.54) is 6.42 Å². The van der Waals surface area contributed by atoms with Crippen LogP contribution in [0.2, 0.25) is 0 Å². The molecular formula is C19H26N4O. The molecule has 1 amide bonds. The fourth-order valence-corrected chi connectivity index (χ4v) is 3.51. The molecule has 3 rings (SSSR count). The molecule has 2 aromatic rings. The lowest BCUT2D eigenvalue weighted by molar-refractivity contribution is -0.133. The summed E-state index contributed by atoms with van der Waals surface area (Å²) in [5, 5.41) is 0. The third kappa shape index (κ3) is 4.02. The average molecular weight is 326 g/mol. The average Bonchev–Trinajstić information content (AvgIpc) is 3.02. The lowest BCUT2D eigenvalue weighted by atomic mass is 9.93. The van der Waals surface area contributed by atoms with Crippen molar-refractivity contribution in [2.45, 2.75) is 46.1 Å². The molecule has 128 valence electrons. The number of piperidine rings is 1. The third-order valence-corrected chi connectivity index (χ3v) is 4.74. The van der Waals surface area contributed by atoms with Crippen LogP contribution in [0, 0.1) is 12.8 Å². The minimum Gasteiger partial charge on any atom is -0.341 e. The number of aryl methyl sites for hydroxylation is 2. The van der Waals surface area contributed by atoms with Crippen molar-refractivity contribution in [2.24, 2.45) is 5.92 Å². The molecular weight excluding hydrogens is 300 g/mol. The number of pyridine rings is 1. The third-order valence-electron chi connectivity index (χ3n) is 4.74. The van der Waals surface area contributed by atoms with Crippen molar-refractivity contribution < 1.29 is 4.79 Å². The van der Waals surface area contributed by atoms with Crippen LogP contribution >= 0.6 is 0 Å². The zero-order valence-corrected chi connectivity index (χ0v) is 14.6. The quantitative estimate of drug-likeness (QED) is 0.849. The van der Waals surface area contributed by atoms with Gasteiger partial charge in [-0.05, 0) is 44.2 Å². The summed E-state index contributed by atoms with van der Waals surface area (Å²) < 4.78 is 1.97. The maximum atomic E-state index is 12.6. The first kappa shape index (κ1) is 16.7. The number of hydrogen-bond acceptors (Lipinski definition) is 3.